The van der Waals surface area contributed by atoms with E-state index >= 15 is 0 Å². The molecule has 0 aromatic heterocycles. The highest BCUT2D eigenvalue weighted by Crippen LogP contribution is 2.29. The van der Waals surface area contributed by atoms with Gasteiger partial charge in [-0.2, -0.15) is 0 Å². The average molecular weight is 248 g/mol. The Hall–Kier alpha value is -0.930. The fourth-order valence-corrected chi connectivity index (χ4v) is 2.95. The molecule has 3 heteroatoms. The van der Waals surface area contributed by atoms with Crippen molar-refractivity contribution >= 4 is 0 Å². The highest BCUT2D eigenvalue weighted by atomic mass is 19.1. The molecule has 0 spiro atoms. The van der Waals surface area contributed by atoms with E-state index in [1.54, 1.807) is 0 Å². The Labute approximate surface area is 108 Å². The second-order valence-electron chi connectivity index (χ2n) is 5.46. The zero-order valence-corrected chi connectivity index (χ0v) is 10.8. The molecule has 2 fully saturated rings. The van der Waals surface area contributed by atoms with Crippen molar-refractivity contribution in [3.63, 3.8) is 0 Å². The number of benzene rings is 1. The van der Waals surface area contributed by atoms with Crippen LogP contribution in [0.3, 0.4) is 0 Å². The molecule has 1 aromatic rings. The zero-order valence-electron chi connectivity index (χ0n) is 10.8. The monoisotopic (exact) mass is 248 g/mol. The molecule has 2 nitrogen and oxygen atoms in total. The van der Waals surface area contributed by atoms with Gasteiger partial charge < -0.3 is 0 Å². The van der Waals surface area contributed by atoms with Gasteiger partial charge in [0, 0.05) is 38.8 Å². The maximum absolute atomic E-state index is 13.4. The number of alkyl halides is 1. The largest absolute Gasteiger partial charge is 0.297 e. The molecule has 2 unspecified atom stereocenters. The molecule has 1 aromatic carbocycles. The third-order valence-corrected chi connectivity index (χ3v) is 4.28. The number of rotatable bonds is 3. The predicted molar refractivity (Wildman–Crippen MR) is 71.2 cm³/mol. The van der Waals surface area contributed by atoms with E-state index in [9.17, 15) is 4.39 Å². The Morgan fingerprint density at radius 1 is 1.00 bits per heavy atom. The second kappa shape index (κ2) is 5.37. The number of hydrogen-bond donors (Lipinski definition) is 0. The number of halogens is 1. The molecule has 1 saturated heterocycles. The van der Waals surface area contributed by atoms with E-state index < -0.39 is 6.17 Å². The molecule has 18 heavy (non-hydrogen) atoms. The molecule has 0 N–H and O–H groups in total. The van der Waals surface area contributed by atoms with Crippen LogP contribution in [0.25, 0.3) is 0 Å². The number of nitrogens with zero attached hydrogens (tertiary/aromatic N) is 2. The van der Waals surface area contributed by atoms with Gasteiger partial charge in [0.05, 0.1) is 0 Å². The first kappa shape index (κ1) is 12.1. The SMILES string of the molecule is FC1CCC1N1CCN(Cc2ccccc2)CC1. The van der Waals surface area contributed by atoms with Gasteiger partial charge in [0.15, 0.2) is 0 Å². The third-order valence-electron chi connectivity index (χ3n) is 4.28. The van der Waals surface area contributed by atoms with E-state index in [1.807, 2.05) is 0 Å². The first-order chi connectivity index (χ1) is 8.83. The van der Waals surface area contributed by atoms with Gasteiger partial charge in [-0.1, -0.05) is 30.3 Å². The van der Waals surface area contributed by atoms with E-state index in [0.717, 1.165) is 45.6 Å². The van der Waals surface area contributed by atoms with Crippen LogP contribution in [0.15, 0.2) is 30.3 Å². The predicted octanol–water partition coefficient (Wildman–Crippen LogP) is 2.30. The van der Waals surface area contributed by atoms with E-state index in [1.165, 1.54) is 5.56 Å². The van der Waals surface area contributed by atoms with Gasteiger partial charge in [0.25, 0.3) is 0 Å². The average Bonchev–Trinajstić information content (AvgIpc) is 2.40. The van der Waals surface area contributed by atoms with Crippen LogP contribution >= 0.6 is 0 Å². The summed E-state index contributed by atoms with van der Waals surface area (Å²) in [7, 11) is 0. The molecule has 2 aliphatic rings. The molecule has 1 heterocycles. The Kier molecular flexibility index (Phi) is 3.62. The fraction of sp³-hybridized carbons (Fsp3) is 0.600. The van der Waals surface area contributed by atoms with Gasteiger partial charge >= 0.3 is 0 Å². The maximum Gasteiger partial charge on any atom is 0.116 e. The fourth-order valence-electron chi connectivity index (χ4n) is 2.95. The second-order valence-corrected chi connectivity index (χ2v) is 5.46. The third kappa shape index (κ3) is 2.57. The van der Waals surface area contributed by atoms with Crippen LogP contribution in [0, 0.1) is 0 Å². The highest BCUT2D eigenvalue weighted by molar-refractivity contribution is 5.14. The highest BCUT2D eigenvalue weighted by Gasteiger charge is 2.36. The van der Waals surface area contributed by atoms with Gasteiger partial charge in [-0.05, 0) is 18.4 Å². The minimum absolute atomic E-state index is 0.226. The summed E-state index contributed by atoms with van der Waals surface area (Å²) in [6.07, 6.45) is 1.26. The van der Waals surface area contributed by atoms with Crippen molar-refractivity contribution in [1.29, 1.82) is 0 Å². The van der Waals surface area contributed by atoms with Crippen LogP contribution in [0.5, 0.6) is 0 Å². The molecule has 3 rings (SSSR count). The Balaban J connectivity index is 1.48. The molecular weight excluding hydrogens is 227 g/mol. The van der Waals surface area contributed by atoms with Gasteiger partial charge in [0.2, 0.25) is 0 Å². The van der Waals surface area contributed by atoms with Crippen molar-refractivity contribution in [2.24, 2.45) is 0 Å². The lowest BCUT2D eigenvalue weighted by atomic mass is 9.88. The van der Waals surface area contributed by atoms with Crippen LogP contribution in [-0.2, 0) is 6.54 Å². The lowest BCUT2D eigenvalue weighted by molar-refractivity contribution is 0.00218. The van der Waals surface area contributed by atoms with Crippen molar-refractivity contribution in [2.45, 2.75) is 31.6 Å². The summed E-state index contributed by atoms with van der Waals surface area (Å²) in [5.41, 5.74) is 1.37. The van der Waals surface area contributed by atoms with Crippen molar-refractivity contribution < 1.29 is 4.39 Å². The van der Waals surface area contributed by atoms with Crippen LogP contribution in [-0.4, -0.2) is 48.2 Å². The minimum Gasteiger partial charge on any atom is -0.297 e. The first-order valence-corrected chi connectivity index (χ1v) is 6.97. The molecule has 1 aliphatic heterocycles. The van der Waals surface area contributed by atoms with Crippen LogP contribution in [0.2, 0.25) is 0 Å². The lowest BCUT2D eigenvalue weighted by Gasteiger charge is -2.44. The molecule has 1 aliphatic carbocycles. The van der Waals surface area contributed by atoms with Crippen LogP contribution < -0.4 is 0 Å². The molecule has 0 radical (unpaired) electrons. The van der Waals surface area contributed by atoms with Crippen molar-refractivity contribution in [2.75, 3.05) is 26.2 Å². The Morgan fingerprint density at radius 2 is 1.72 bits per heavy atom. The molecule has 98 valence electrons. The van der Waals surface area contributed by atoms with Gasteiger partial charge in [0.1, 0.15) is 6.17 Å². The first-order valence-electron chi connectivity index (χ1n) is 6.97. The zero-order chi connectivity index (χ0) is 12.4. The lowest BCUT2D eigenvalue weighted by Crippen LogP contribution is -2.56. The molecule has 0 amide bonds. The smallest absolute Gasteiger partial charge is 0.116 e. The van der Waals surface area contributed by atoms with E-state index in [4.69, 9.17) is 0 Å². The van der Waals surface area contributed by atoms with Crippen molar-refractivity contribution in [3.8, 4) is 0 Å². The summed E-state index contributed by atoms with van der Waals surface area (Å²) in [6, 6.07) is 10.8. The topological polar surface area (TPSA) is 6.48 Å². The van der Waals surface area contributed by atoms with Crippen molar-refractivity contribution in [1.82, 2.24) is 9.80 Å². The Bertz CT molecular complexity index is 373. The van der Waals surface area contributed by atoms with Crippen molar-refractivity contribution in [3.05, 3.63) is 35.9 Å². The molecule has 1 saturated carbocycles. The van der Waals surface area contributed by atoms with E-state index in [2.05, 4.69) is 40.1 Å². The summed E-state index contributed by atoms with van der Waals surface area (Å²) >= 11 is 0. The van der Waals surface area contributed by atoms with Gasteiger partial charge in [-0.25, -0.2) is 4.39 Å². The van der Waals surface area contributed by atoms with E-state index in [0.29, 0.717) is 0 Å². The summed E-state index contributed by atoms with van der Waals surface area (Å²) < 4.78 is 13.4. The van der Waals surface area contributed by atoms with Crippen LogP contribution in [0.4, 0.5) is 4.39 Å². The van der Waals surface area contributed by atoms with Gasteiger partial charge in [-0.15, -0.1) is 0 Å². The summed E-state index contributed by atoms with van der Waals surface area (Å²) in [5, 5.41) is 0. The standard InChI is InChI=1S/C15H21FN2/c16-14-6-7-15(14)18-10-8-17(9-11-18)12-13-4-2-1-3-5-13/h1-5,14-15H,6-12H2. The Morgan fingerprint density at radius 3 is 2.28 bits per heavy atom. The summed E-state index contributed by atoms with van der Waals surface area (Å²) in [4.78, 5) is 4.81. The van der Waals surface area contributed by atoms with E-state index in [-0.39, 0.29) is 6.04 Å². The number of hydrogen-bond acceptors (Lipinski definition) is 2. The molecular formula is C15H21FN2. The van der Waals surface area contributed by atoms with Crippen LogP contribution in [0.1, 0.15) is 18.4 Å². The molecule has 2 atom stereocenters. The minimum atomic E-state index is -0.564. The summed E-state index contributed by atoms with van der Waals surface area (Å²) in [5.74, 6) is 0. The number of piperazine rings is 1. The quantitative estimate of drug-likeness (QED) is 0.810. The maximum atomic E-state index is 13.4. The van der Waals surface area contributed by atoms with Gasteiger partial charge in [-0.3, -0.25) is 9.80 Å². The summed E-state index contributed by atoms with van der Waals surface area (Å²) in [6.45, 7) is 5.21. The normalized spacial score (nSPS) is 30.1. The molecule has 0 bridgehead atoms.